The lowest BCUT2D eigenvalue weighted by Gasteiger charge is -2.72. The lowest BCUT2D eigenvalue weighted by atomic mass is 9.33. The average Bonchev–Trinajstić information content (AvgIpc) is 3.88. The van der Waals surface area contributed by atoms with E-state index in [2.05, 4.69) is 90.0 Å². The summed E-state index contributed by atoms with van der Waals surface area (Å²) < 4.78 is 12.3. The number of benzene rings is 2. The fourth-order valence-corrected chi connectivity index (χ4v) is 15.7. The highest BCUT2D eigenvalue weighted by Gasteiger charge is 2.71. The molecule has 9 rings (SSSR count). The van der Waals surface area contributed by atoms with Gasteiger partial charge in [-0.3, -0.25) is 19.2 Å². The minimum absolute atomic E-state index is 0.0115. The number of aryl methyl sites for hydroxylation is 1. The summed E-state index contributed by atoms with van der Waals surface area (Å²) in [7, 11) is 0. The third-order valence-electron chi connectivity index (χ3n) is 20.1. The van der Waals surface area contributed by atoms with Gasteiger partial charge in [-0.2, -0.15) is 0 Å². The molecule has 1 aromatic heterocycles. The van der Waals surface area contributed by atoms with Gasteiger partial charge in [0.25, 0.3) is 0 Å². The van der Waals surface area contributed by atoms with Crippen LogP contribution >= 0.6 is 0 Å². The van der Waals surface area contributed by atoms with Gasteiger partial charge in [0, 0.05) is 11.8 Å². The molecular weight excluding hydrogens is 835 g/mol. The smallest absolute Gasteiger partial charge is 0.309 e. The van der Waals surface area contributed by atoms with E-state index in [1.165, 1.54) is 11.1 Å². The second-order valence-electron chi connectivity index (χ2n) is 24.9. The van der Waals surface area contributed by atoms with Crippen LogP contribution in [0.2, 0.25) is 0 Å². The highest BCUT2D eigenvalue weighted by Crippen LogP contribution is 2.76. The molecule has 9 nitrogen and oxygen atoms in total. The Balaban J connectivity index is 0.915. The molecule has 0 aliphatic heterocycles. The number of esters is 2. The van der Waals surface area contributed by atoms with E-state index in [0.29, 0.717) is 30.5 Å². The zero-order valence-corrected chi connectivity index (χ0v) is 42.5. The summed E-state index contributed by atoms with van der Waals surface area (Å²) in [5.41, 5.74) is 3.73. The summed E-state index contributed by atoms with van der Waals surface area (Å²) in [6.45, 7) is 26.8. The van der Waals surface area contributed by atoms with Crippen LogP contribution in [0.3, 0.4) is 0 Å². The van der Waals surface area contributed by atoms with Crippen LogP contribution in [-0.2, 0) is 40.7 Å². The molecule has 1 heterocycles. The van der Waals surface area contributed by atoms with Crippen LogP contribution in [0.4, 0.5) is 0 Å². The Bertz CT molecular complexity index is 2480. The topological polar surface area (TPSA) is 127 Å². The molecule has 1 amide bonds. The van der Waals surface area contributed by atoms with Crippen LogP contribution in [0.25, 0.3) is 11.3 Å². The van der Waals surface area contributed by atoms with E-state index in [4.69, 9.17) is 14.5 Å². The molecule has 0 saturated heterocycles. The molecule has 6 aliphatic carbocycles. The van der Waals surface area contributed by atoms with Crippen LogP contribution in [0.5, 0.6) is 0 Å². The summed E-state index contributed by atoms with van der Waals surface area (Å²) in [6, 6.07) is 18.0. The number of nitrogens with zero attached hydrogens (tertiary/aromatic N) is 1. The number of nitrogens with one attached hydrogen (secondary N) is 2. The maximum Gasteiger partial charge on any atom is 0.309 e. The lowest BCUT2D eigenvalue weighted by molar-refractivity contribution is -0.235. The second kappa shape index (κ2) is 16.3. The van der Waals surface area contributed by atoms with Crippen molar-refractivity contribution in [3.63, 3.8) is 0 Å². The molecule has 2 N–H and O–H groups in total. The molecule has 2 aromatic carbocycles. The van der Waals surface area contributed by atoms with Gasteiger partial charge in [-0.15, -0.1) is 0 Å². The van der Waals surface area contributed by atoms with Crippen molar-refractivity contribution in [2.75, 3.05) is 0 Å². The minimum Gasteiger partial charge on any atom is -0.462 e. The number of hydrogen-bond donors (Lipinski definition) is 2. The Morgan fingerprint density at radius 3 is 2.16 bits per heavy atom. The maximum atomic E-state index is 14.8. The molecule has 9 heteroatoms. The number of aromatic amines is 1. The molecule has 360 valence electrons. The highest BCUT2D eigenvalue weighted by molar-refractivity contribution is 6.02. The fraction of sp³-hybridized carbons (Fsp3) is 0.638. The number of ketones is 1. The molecule has 3 aromatic rings. The SMILES string of the molecule is Cc1ccc(-c2cnc(C(C)(C)C(=O)N[C@@]34CC[C@]5(C)[C@H](CC[C@@H]6[C@@]7(C)CC[C@H](OC(=O)[C@H]8C[C@@H](C(=O)OCc9ccccc9)C8(C)C)C(C)(C)[C@@H]7CC[C@]65C)C3=C(C(C)C)C(=O)C4)[nH]2)cc1. The van der Waals surface area contributed by atoms with Crippen molar-refractivity contribution in [1.82, 2.24) is 15.3 Å². The average molecular weight is 912 g/mol. The van der Waals surface area contributed by atoms with Gasteiger partial charge < -0.3 is 19.8 Å². The molecule has 0 spiro atoms. The minimum atomic E-state index is -0.961. The number of aromatic nitrogens is 2. The van der Waals surface area contributed by atoms with E-state index in [0.717, 1.165) is 73.8 Å². The van der Waals surface area contributed by atoms with Crippen molar-refractivity contribution in [1.29, 1.82) is 0 Å². The first-order valence-corrected chi connectivity index (χ1v) is 25.5. The first-order valence-electron chi connectivity index (χ1n) is 25.5. The van der Waals surface area contributed by atoms with E-state index in [1.807, 2.05) is 64.2 Å². The third kappa shape index (κ3) is 7.31. The lowest BCUT2D eigenvalue weighted by Crippen LogP contribution is -2.67. The number of Topliss-reactive ketones (excluding diaryl/α,β-unsaturated/α-hetero) is 1. The predicted molar refractivity (Wildman–Crippen MR) is 261 cm³/mol. The number of imidazole rings is 1. The summed E-state index contributed by atoms with van der Waals surface area (Å²) in [4.78, 5) is 64.7. The Morgan fingerprint density at radius 1 is 0.806 bits per heavy atom. The molecule has 0 radical (unpaired) electrons. The quantitative estimate of drug-likeness (QED) is 0.194. The molecule has 10 atom stereocenters. The molecular formula is C58H77N3O6. The van der Waals surface area contributed by atoms with Crippen LogP contribution in [0, 0.1) is 69.5 Å². The zero-order valence-electron chi connectivity index (χ0n) is 42.5. The predicted octanol–water partition coefficient (Wildman–Crippen LogP) is 11.8. The van der Waals surface area contributed by atoms with Crippen molar-refractivity contribution in [3.05, 3.63) is 88.9 Å². The summed E-state index contributed by atoms with van der Waals surface area (Å²) >= 11 is 0. The van der Waals surface area contributed by atoms with Crippen LogP contribution in [0.15, 0.2) is 71.9 Å². The molecule has 5 fully saturated rings. The molecule has 0 bridgehead atoms. The monoisotopic (exact) mass is 912 g/mol. The molecule has 5 saturated carbocycles. The third-order valence-corrected chi connectivity index (χ3v) is 20.1. The highest BCUT2D eigenvalue weighted by atomic mass is 16.5. The van der Waals surface area contributed by atoms with Crippen molar-refractivity contribution >= 4 is 23.6 Å². The van der Waals surface area contributed by atoms with E-state index in [9.17, 15) is 19.2 Å². The summed E-state index contributed by atoms with van der Waals surface area (Å²) in [6.07, 6.45) is 10.1. The van der Waals surface area contributed by atoms with Crippen LogP contribution in [0.1, 0.15) is 157 Å². The van der Waals surface area contributed by atoms with Crippen LogP contribution < -0.4 is 5.32 Å². The number of carbonyl (C=O) groups is 4. The Morgan fingerprint density at radius 2 is 1.49 bits per heavy atom. The van der Waals surface area contributed by atoms with E-state index >= 15 is 0 Å². The zero-order chi connectivity index (χ0) is 48.3. The van der Waals surface area contributed by atoms with E-state index in [1.54, 1.807) is 0 Å². The van der Waals surface area contributed by atoms with E-state index in [-0.39, 0.29) is 81.7 Å². The first kappa shape index (κ1) is 47.5. The van der Waals surface area contributed by atoms with E-state index < -0.39 is 16.4 Å². The summed E-state index contributed by atoms with van der Waals surface area (Å²) in [5.74, 6) is 0.660. The van der Waals surface area contributed by atoms with Gasteiger partial charge >= 0.3 is 11.9 Å². The number of rotatable bonds is 10. The van der Waals surface area contributed by atoms with Gasteiger partial charge in [0.15, 0.2) is 5.78 Å². The second-order valence-corrected chi connectivity index (χ2v) is 24.9. The maximum absolute atomic E-state index is 14.8. The van der Waals surface area contributed by atoms with Crippen molar-refractivity contribution in [2.45, 2.75) is 171 Å². The van der Waals surface area contributed by atoms with Gasteiger partial charge in [0.2, 0.25) is 5.91 Å². The Labute approximate surface area is 399 Å². The Hall–Kier alpha value is -4.53. The standard InChI is InChI=1S/C58H77N3O6/c1-34(2)46-42(62)31-58(61-51(65)54(8,9)50-59-32-41(60-50)37-20-18-35(3)19-21-37)29-28-56(11)38(47(46)58)22-23-44-55(10)26-25-45(53(6,7)43(55)24-27-57(44,56)12)67-49(64)40-30-39(52(40,4)5)48(63)66-33-36-16-14-13-15-17-36/h13-21,32,34,38-40,43-45H,22-31,33H2,1-12H3,(H,59,60)(H,61,65)/t38-,39+,40-,43+,44-,45+,55+,56-,57-,58-/m1/s1. The molecule has 67 heavy (non-hydrogen) atoms. The van der Waals surface area contributed by atoms with Gasteiger partial charge in [-0.25, -0.2) is 4.98 Å². The van der Waals surface area contributed by atoms with Gasteiger partial charge in [-0.05, 0) is 146 Å². The van der Waals surface area contributed by atoms with Gasteiger partial charge in [0.1, 0.15) is 24.0 Å². The van der Waals surface area contributed by atoms with Gasteiger partial charge in [-0.1, -0.05) is 122 Å². The number of fused-ring (bicyclic) bond motifs is 7. The summed E-state index contributed by atoms with van der Waals surface area (Å²) in [5, 5.41) is 3.62. The van der Waals surface area contributed by atoms with Crippen molar-refractivity contribution < 1.29 is 28.7 Å². The molecule has 0 unspecified atom stereocenters. The van der Waals surface area contributed by atoms with Crippen molar-refractivity contribution in [2.24, 2.45) is 62.6 Å². The Kier molecular flexibility index (Phi) is 11.6. The first-order chi connectivity index (χ1) is 31.4. The van der Waals surface area contributed by atoms with Crippen LogP contribution in [-0.4, -0.2) is 45.2 Å². The number of ether oxygens (including phenoxy) is 2. The molecule has 6 aliphatic rings. The number of hydrogen-bond acceptors (Lipinski definition) is 7. The normalized spacial score (nSPS) is 35.1. The fourth-order valence-electron chi connectivity index (χ4n) is 15.7. The van der Waals surface area contributed by atoms with Crippen molar-refractivity contribution in [3.8, 4) is 11.3 Å². The number of allylic oxidation sites excluding steroid dienone is 1. The number of amides is 1. The number of H-pyrrole nitrogens is 1. The number of carbonyl (C=O) groups excluding carboxylic acids is 4. The van der Waals surface area contributed by atoms with Gasteiger partial charge in [0.05, 0.1) is 29.3 Å². The largest absolute Gasteiger partial charge is 0.462 e.